The summed E-state index contributed by atoms with van der Waals surface area (Å²) < 4.78 is 44.8. The van der Waals surface area contributed by atoms with E-state index in [9.17, 15) is 13.2 Å². The van der Waals surface area contributed by atoms with E-state index in [1.807, 2.05) is 30.3 Å². The number of methoxy groups -OCH3 is 1. The standard InChI is InChI=1S/C17H19F3N2O/c1-16(2,3)14-13(23-4)12(10-11-8-6-5-7-9-11)21-15(22-14)17(18,19)20/h5-9H,10H2,1-4H3. The summed E-state index contributed by atoms with van der Waals surface area (Å²) in [4.78, 5) is 7.45. The third-order valence-corrected chi connectivity index (χ3v) is 3.32. The zero-order valence-electron chi connectivity index (χ0n) is 13.5. The molecule has 2 rings (SSSR count). The molecule has 1 aromatic heterocycles. The van der Waals surface area contributed by atoms with E-state index in [1.54, 1.807) is 20.8 Å². The molecular formula is C17H19F3N2O. The number of benzene rings is 1. The number of aromatic nitrogens is 2. The monoisotopic (exact) mass is 324 g/mol. The van der Waals surface area contributed by atoms with Crippen molar-refractivity contribution in [3.63, 3.8) is 0 Å². The van der Waals surface area contributed by atoms with Gasteiger partial charge in [0.2, 0.25) is 5.82 Å². The van der Waals surface area contributed by atoms with E-state index < -0.39 is 17.4 Å². The molecule has 0 N–H and O–H groups in total. The topological polar surface area (TPSA) is 35.0 Å². The van der Waals surface area contributed by atoms with Crippen molar-refractivity contribution in [1.82, 2.24) is 9.97 Å². The van der Waals surface area contributed by atoms with Crippen LogP contribution < -0.4 is 4.74 Å². The smallest absolute Gasteiger partial charge is 0.451 e. The first-order chi connectivity index (χ1) is 10.6. The number of nitrogens with zero attached hydrogens (tertiary/aromatic N) is 2. The second-order valence-electron chi connectivity index (χ2n) is 6.29. The van der Waals surface area contributed by atoms with Gasteiger partial charge in [0.15, 0.2) is 5.75 Å². The van der Waals surface area contributed by atoms with Crippen molar-refractivity contribution in [3.05, 3.63) is 53.1 Å². The summed E-state index contributed by atoms with van der Waals surface area (Å²) in [5.41, 5.74) is 0.761. The Morgan fingerprint density at radius 1 is 1.00 bits per heavy atom. The Labute approximate surface area is 133 Å². The molecule has 0 aliphatic carbocycles. The highest BCUT2D eigenvalue weighted by molar-refractivity contribution is 5.40. The molecule has 124 valence electrons. The van der Waals surface area contributed by atoms with Crippen molar-refractivity contribution < 1.29 is 17.9 Å². The van der Waals surface area contributed by atoms with Gasteiger partial charge in [-0.1, -0.05) is 51.1 Å². The van der Waals surface area contributed by atoms with Crippen LogP contribution in [-0.2, 0) is 18.0 Å². The minimum atomic E-state index is -4.60. The minimum absolute atomic E-state index is 0.242. The maximum Gasteiger partial charge on any atom is 0.451 e. The van der Waals surface area contributed by atoms with Gasteiger partial charge < -0.3 is 4.74 Å². The number of ether oxygens (including phenoxy) is 1. The van der Waals surface area contributed by atoms with Gasteiger partial charge in [0.05, 0.1) is 18.5 Å². The first-order valence-corrected chi connectivity index (χ1v) is 7.19. The summed E-state index contributed by atoms with van der Waals surface area (Å²) in [6, 6.07) is 9.19. The zero-order chi connectivity index (χ0) is 17.3. The van der Waals surface area contributed by atoms with Gasteiger partial charge in [-0.15, -0.1) is 0 Å². The molecule has 3 nitrogen and oxygen atoms in total. The summed E-state index contributed by atoms with van der Waals surface area (Å²) in [7, 11) is 1.43. The van der Waals surface area contributed by atoms with Crippen LogP contribution in [0.2, 0.25) is 0 Å². The summed E-state index contributed by atoms with van der Waals surface area (Å²) in [5, 5.41) is 0. The molecule has 0 saturated carbocycles. The summed E-state index contributed by atoms with van der Waals surface area (Å²) >= 11 is 0. The van der Waals surface area contributed by atoms with Crippen LogP contribution in [0.4, 0.5) is 13.2 Å². The summed E-state index contributed by atoms with van der Waals surface area (Å²) in [6.07, 6.45) is -4.35. The fraction of sp³-hybridized carbons (Fsp3) is 0.412. The lowest BCUT2D eigenvalue weighted by atomic mass is 9.90. The Morgan fingerprint density at radius 2 is 1.61 bits per heavy atom. The molecule has 0 aliphatic heterocycles. The second kappa shape index (κ2) is 6.18. The highest BCUT2D eigenvalue weighted by atomic mass is 19.4. The molecule has 6 heteroatoms. The molecule has 0 amide bonds. The first kappa shape index (κ1) is 17.2. The second-order valence-corrected chi connectivity index (χ2v) is 6.29. The molecule has 23 heavy (non-hydrogen) atoms. The highest BCUT2D eigenvalue weighted by Crippen LogP contribution is 2.36. The van der Waals surface area contributed by atoms with Gasteiger partial charge in [-0.05, 0) is 5.56 Å². The SMILES string of the molecule is COc1c(Cc2ccccc2)nc(C(F)(F)F)nc1C(C)(C)C. The summed E-state index contributed by atoms with van der Waals surface area (Å²) in [6.45, 7) is 5.39. The Balaban J connectivity index is 2.63. The third kappa shape index (κ3) is 4.00. The predicted octanol–water partition coefficient (Wildman–Crippen LogP) is 4.39. The van der Waals surface area contributed by atoms with E-state index in [2.05, 4.69) is 9.97 Å². The molecule has 0 unspecified atom stereocenters. The van der Waals surface area contributed by atoms with Crippen molar-refractivity contribution in [2.24, 2.45) is 0 Å². The van der Waals surface area contributed by atoms with Gasteiger partial charge in [0, 0.05) is 11.8 Å². The Kier molecular flexibility index (Phi) is 4.63. The lowest BCUT2D eigenvalue weighted by Crippen LogP contribution is -2.22. The fourth-order valence-corrected chi connectivity index (χ4v) is 2.26. The van der Waals surface area contributed by atoms with Gasteiger partial charge >= 0.3 is 6.18 Å². The van der Waals surface area contributed by atoms with E-state index >= 15 is 0 Å². The maximum absolute atomic E-state index is 13.1. The molecule has 1 heterocycles. The fourth-order valence-electron chi connectivity index (χ4n) is 2.26. The van der Waals surface area contributed by atoms with Crippen molar-refractivity contribution in [2.45, 2.75) is 38.8 Å². The Bertz CT molecular complexity index is 677. The van der Waals surface area contributed by atoms with E-state index in [4.69, 9.17) is 4.74 Å². The van der Waals surface area contributed by atoms with Crippen molar-refractivity contribution in [1.29, 1.82) is 0 Å². The molecular weight excluding hydrogens is 305 g/mol. The van der Waals surface area contributed by atoms with E-state index in [-0.39, 0.29) is 17.8 Å². The molecule has 0 fully saturated rings. The lowest BCUT2D eigenvalue weighted by molar-refractivity contribution is -0.145. The highest BCUT2D eigenvalue weighted by Gasteiger charge is 2.38. The van der Waals surface area contributed by atoms with E-state index in [0.717, 1.165) is 5.56 Å². The average molecular weight is 324 g/mol. The first-order valence-electron chi connectivity index (χ1n) is 7.19. The van der Waals surface area contributed by atoms with E-state index in [0.29, 0.717) is 5.75 Å². The zero-order valence-corrected chi connectivity index (χ0v) is 13.5. The van der Waals surface area contributed by atoms with Gasteiger partial charge in [-0.2, -0.15) is 13.2 Å². The molecule has 0 radical (unpaired) electrons. The van der Waals surface area contributed by atoms with Crippen LogP contribution in [0.25, 0.3) is 0 Å². The van der Waals surface area contributed by atoms with Crippen LogP contribution in [0.15, 0.2) is 30.3 Å². The molecule has 0 atom stereocenters. The van der Waals surface area contributed by atoms with Crippen LogP contribution in [0.5, 0.6) is 5.75 Å². The normalized spacial score (nSPS) is 12.3. The number of halogens is 3. The number of rotatable bonds is 3. The minimum Gasteiger partial charge on any atom is -0.493 e. The number of hydrogen-bond donors (Lipinski definition) is 0. The van der Waals surface area contributed by atoms with Gasteiger partial charge in [0.1, 0.15) is 0 Å². The third-order valence-electron chi connectivity index (χ3n) is 3.32. The quantitative estimate of drug-likeness (QED) is 0.840. The Morgan fingerprint density at radius 3 is 2.09 bits per heavy atom. The Hall–Kier alpha value is -2.11. The van der Waals surface area contributed by atoms with Crippen LogP contribution in [0.3, 0.4) is 0 Å². The van der Waals surface area contributed by atoms with E-state index in [1.165, 1.54) is 7.11 Å². The van der Waals surface area contributed by atoms with Crippen molar-refractivity contribution in [3.8, 4) is 5.75 Å². The van der Waals surface area contributed by atoms with Crippen LogP contribution in [-0.4, -0.2) is 17.1 Å². The molecule has 0 spiro atoms. The molecule has 0 aliphatic rings. The van der Waals surface area contributed by atoms with Crippen LogP contribution in [0, 0.1) is 0 Å². The van der Waals surface area contributed by atoms with Gasteiger partial charge in [-0.25, -0.2) is 9.97 Å². The molecule has 1 aromatic carbocycles. The van der Waals surface area contributed by atoms with Crippen molar-refractivity contribution >= 4 is 0 Å². The largest absolute Gasteiger partial charge is 0.493 e. The number of hydrogen-bond acceptors (Lipinski definition) is 3. The van der Waals surface area contributed by atoms with Crippen LogP contribution >= 0.6 is 0 Å². The average Bonchev–Trinajstić information content (AvgIpc) is 2.45. The number of alkyl halides is 3. The van der Waals surface area contributed by atoms with Gasteiger partial charge in [-0.3, -0.25) is 0 Å². The molecule has 2 aromatic rings. The van der Waals surface area contributed by atoms with Crippen molar-refractivity contribution in [2.75, 3.05) is 7.11 Å². The predicted molar refractivity (Wildman–Crippen MR) is 81.5 cm³/mol. The van der Waals surface area contributed by atoms with Gasteiger partial charge in [0.25, 0.3) is 0 Å². The van der Waals surface area contributed by atoms with Crippen LogP contribution in [0.1, 0.15) is 43.5 Å². The maximum atomic E-state index is 13.1. The lowest BCUT2D eigenvalue weighted by Gasteiger charge is -2.23. The molecule has 0 bridgehead atoms. The summed E-state index contributed by atoms with van der Waals surface area (Å²) in [5.74, 6) is -0.816. The molecule has 0 saturated heterocycles.